The van der Waals surface area contributed by atoms with Crippen molar-refractivity contribution in [3.8, 4) is 0 Å². The second-order valence-corrected chi connectivity index (χ2v) is 14.4. The van der Waals surface area contributed by atoms with Gasteiger partial charge in [-0.15, -0.1) is 0 Å². The molecule has 1 N–H and O–H groups in total. The fourth-order valence-corrected chi connectivity index (χ4v) is 7.39. The summed E-state index contributed by atoms with van der Waals surface area (Å²) >= 11 is 0. The van der Waals surface area contributed by atoms with Crippen LogP contribution in [0.15, 0.2) is 46.3 Å². The molecule has 5 nitrogen and oxygen atoms in total. The Hall–Kier alpha value is -2.27. The van der Waals surface area contributed by atoms with E-state index in [4.69, 9.17) is 4.74 Å². The molecule has 1 saturated carbocycles. The largest absolute Gasteiger partial charge is 0.490 e. The van der Waals surface area contributed by atoms with Gasteiger partial charge < -0.3 is 9.84 Å². The lowest BCUT2D eigenvalue weighted by molar-refractivity contribution is -0.178. The number of Topliss-reactive ketones (excluding diaryl/α,β-unsaturated/α-hetero) is 3. The van der Waals surface area contributed by atoms with Crippen LogP contribution in [0.5, 0.6) is 0 Å². The third kappa shape index (κ3) is 5.12. The van der Waals surface area contributed by atoms with Crippen molar-refractivity contribution < 1.29 is 24.2 Å². The molecule has 0 aromatic rings. The molecule has 0 aromatic carbocycles. The maximum absolute atomic E-state index is 15.2. The second kappa shape index (κ2) is 11.2. The summed E-state index contributed by atoms with van der Waals surface area (Å²) in [4.78, 5) is 44.8. The summed E-state index contributed by atoms with van der Waals surface area (Å²) in [6.07, 6.45) is 8.67. The lowest BCUT2D eigenvalue weighted by Gasteiger charge is -2.60. The number of ether oxygens (including phenoxy) is 1. The normalized spacial score (nSPS) is 31.5. The van der Waals surface area contributed by atoms with E-state index < -0.39 is 33.9 Å². The highest BCUT2D eigenvalue weighted by atomic mass is 16.5. The molecule has 0 amide bonds. The van der Waals surface area contributed by atoms with Gasteiger partial charge in [0.2, 0.25) is 0 Å². The average molecular weight is 553 g/mol. The van der Waals surface area contributed by atoms with Crippen LogP contribution < -0.4 is 0 Å². The summed E-state index contributed by atoms with van der Waals surface area (Å²) in [7, 11) is 0. The average Bonchev–Trinajstić information content (AvgIpc) is 3.21. The van der Waals surface area contributed by atoms with Gasteiger partial charge in [0.15, 0.2) is 22.8 Å². The predicted molar refractivity (Wildman–Crippen MR) is 161 cm³/mol. The molecule has 5 atom stereocenters. The quantitative estimate of drug-likeness (QED) is 0.223. The van der Waals surface area contributed by atoms with Crippen molar-refractivity contribution in [1.29, 1.82) is 0 Å². The van der Waals surface area contributed by atoms with Gasteiger partial charge in [0.05, 0.1) is 11.0 Å². The molecule has 2 bridgehead atoms. The molecule has 3 rings (SSSR count). The van der Waals surface area contributed by atoms with Crippen molar-refractivity contribution in [3.05, 3.63) is 46.3 Å². The minimum absolute atomic E-state index is 0.0959. The first-order valence-corrected chi connectivity index (χ1v) is 15.0. The van der Waals surface area contributed by atoms with Gasteiger partial charge >= 0.3 is 0 Å². The van der Waals surface area contributed by atoms with Gasteiger partial charge in [-0.05, 0) is 98.8 Å². The third-order valence-electron chi connectivity index (χ3n) is 9.67. The number of hydrogen-bond donors (Lipinski definition) is 1. The summed E-state index contributed by atoms with van der Waals surface area (Å²) in [5.74, 6) is -1.12. The van der Waals surface area contributed by atoms with E-state index in [1.54, 1.807) is 27.7 Å². The van der Waals surface area contributed by atoms with Crippen molar-refractivity contribution in [2.75, 3.05) is 0 Å². The van der Waals surface area contributed by atoms with Crippen molar-refractivity contribution >= 4 is 17.3 Å². The van der Waals surface area contributed by atoms with Crippen LogP contribution in [0.3, 0.4) is 0 Å². The molecular weight excluding hydrogens is 500 g/mol. The first kappa shape index (κ1) is 32.2. The molecule has 40 heavy (non-hydrogen) atoms. The van der Waals surface area contributed by atoms with E-state index in [1.165, 1.54) is 11.1 Å². The number of allylic oxidation sites excluding steroid dienone is 8. The van der Waals surface area contributed by atoms with Crippen LogP contribution in [-0.2, 0) is 19.1 Å². The minimum atomic E-state index is -1.79. The van der Waals surface area contributed by atoms with Gasteiger partial charge in [0, 0.05) is 17.9 Å². The Morgan fingerprint density at radius 2 is 1.57 bits per heavy atom. The van der Waals surface area contributed by atoms with Gasteiger partial charge in [-0.25, -0.2) is 0 Å². The van der Waals surface area contributed by atoms with Crippen molar-refractivity contribution in [1.82, 2.24) is 0 Å². The predicted octanol–water partition coefficient (Wildman–Crippen LogP) is 7.64. The standard InChI is InChI=1S/C35H52O5/c1-21(2)13-12-18-33(11)25(16-14-22(3)4)19-34-20-27(32(9,10)39)40-30(34)26(17-15-23(5)6)29(37)35(33,31(34)38)28(36)24(7)8/h13-15,24-25,27,39H,12,16-20H2,1-11H3/t25-,27-,33+,34+,35-/m0/s1. The Morgan fingerprint density at radius 1 is 1.00 bits per heavy atom. The highest BCUT2D eigenvalue weighted by molar-refractivity contribution is 6.33. The van der Waals surface area contributed by atoms with E-state index in [-0.39, 0.29) is 29.7 Å². The molecule has 222 valence electrons. The summed E-state index contributed by atoms with van der Waals surface area (Å²) < 4.78 is 6.45. The Balaban J connectivity index is 2.45. The second-order valence-electron chi connectivity index (χ2n) is 14.4. The van der Waals surface area contributed by atoms with Gasteiger partial charge in [-0.2, -0.15) is 0 Å². The monoisotopic (exact) mass is 552 g/mol. The Labute approximate surface area is 242 Å². The third-order valence-corrected chi connectivity index (χ3v) is 9.67. The Morgan fingerprint density at radius 3 is 2.08 bits per heavy atom. The van der Waals surface area contributed by atoms with Crippen LogP contribution in [0.2, 0.25) is 0 Å². The molecule has 1 saturated heterocycles. The smallest absolute Gasteiger partial charge is 0.184 e. The molecule has 1 spiro atoms. The number of carbonyl (C=O) groups excluding carboxylic acids is 3. The number of ketones is 3. The lowest BCUT2D eigenvalue weighted by Crippen LogP contribution is -2.70. The number of fused-ring (bicyclic) bond motifs is 1. The van der Waals surface area contributed by atoms with Crippen LogP contribution >= 0.6 is 0 Å². The van der Waals surface area contributed by atoms with Crippen molar-refractivity contribution in [2.45, 2.75) is 126 Å². The van der Waals surface area contributed by atoms with E-state index in [0.29, 0.717) is 43.4 Å². The Kier molecular flexibility index (Phi) is 9.02. The highest BCUT2D eigenvalue weighted by Crippen LogP contribution is 2.70. The zero-order valence-corrected chi connectivity index (χ0v) is 26.8. The summed E-state index contributed by atoms with van der Waals surface area (Å²) in [5.41, 5.74) is -1.16. The molecular formula is C35H52O5. The summed E-state index contributed by atoms with van der Waals surface area (Å²) in [5, 5.41) is 11.1. The zero-order valence-electron chi connectivity index (χ0n) is 26.8. The van der Waals surface area contributed by atoms with Crippen molar-refractivity contribution in [2.24, 2.45) is 28.1 Å². The number of hydrogen-bond acceptors (Lipinski definition) is 5. The SMILES string of the molecule is CC(C)=CCC[C@]1(C)[C@@H](CC=C(C)C)C[C@@]23C[C@@H](C(C)(C)O)OC2=C(CC=C(C)C)C(=O)[C@@]1(C(=O)C(C)C)C3=O. The van der Waals surface area contributed by atoms with Gasteiger partial charge in [-0.3, -0.25) is 14.4 Å². The topological polar surface area (TPSA) is 80.7 Å². The van der Waals surface area contributed by atoms with Crippen LogP contribution in [-0.4, -0.2) is 34.2 Å². The van der Waals surface area contributed by atoms with E-state index in [9.17, 15) is 9.90 Å². The number of carbonyl (C=O) groups is 3. The summed E-state index contributed by atoms with van der Waals surface area (Å²) in [6.45, 7) is 21.2. The maximum Gasteiger partial charge on any atom is 0.184 e. The molecule has 0 radical (unpaired) electrons. The van der Waals surface area contributed by atoms with E-state index in [1.807, 2.05) is 40.7 Å². The number of aliphatic hydroxyl groups is 1. The van der Waals surface area contributed by atoms with Gasteiger partial charge in [0.25, 0.3) is 0 Å². The van der Waals surface area contributed by atoms with E-state index in [0.717, 1.165) is 5.57 Å². The van der Waals surface area contributed by atoms with E-state index >= 15 is 9.59 Å². The Bertz CT molecular complexity index is 1180. The van der Waals surface area contributed by atoms with E-state index in [2.05, 4.69) is 26.0 Å². The van der Waals surface area contributed by atoms with Crippen LogP contribution in [0, 0.1) is 28.1 Å². The van der Waals surface area contributed by atoms with Crippen LogP contribution in [0.1, 0.15) is 115 Å². The first-order valence-electron chi connectivity index (χ1n) is 15.0. The molecule has 0 unspecified atom stereocenters. The lowest BCUT2D eigenvalue weighted by atomic mass is 9.38. The fourth-order valence-electron chi connectivity index (χ4n) is 7.39. The van der Waals surface area contributed by atoms with Gasteiger partial charge in [-0.1, -0.05) is 55.7 Å². The van der Waals surface area contributed by atoms with Crippen LogP contribution in [0.25, 0.3) is 0 Å². The summed E-state index contributed by atoms with van der Waals surface area (Å²) in [6, 6.07) is 0. The van der Waals surface area contributed by atoms with Crippen LogP contribution in [0.4, 0.5) is 0 Å². The minimum Gasteiger partial charge on any atom is -0.490 e. The fraction of sp³-hybridized carbons (Fsp3) is 0.686. The van der Waals surface area contributed by atoms with Gasteiger partial charge in [0.1, 0.15) is 11.9 Å². The van der Waals surface area contributed by atoms with Crippen molar-refractivity contribution in [3.63, 3.8) is 0 Å². The number of rotatable bonds is 10. The highest BCUT2D eigenvalue weighted by Gasteiger charge is 2.78. The molecule has 1 heterocycles. The zero-order chi connectivity index (χ0) is 30.4. The molecule has 5 heteroatoms. The molecule has 0 aromatic heterocycles. The molecule has 1 aliphatic heterocycles. The molecule has 2 aliphatic carbocycles. The maximum atomic E-state index is 15.2. The molecule has 3 aliphatic rings. The molecule has 2 fully saturated rings. The first-order chi connectivity index (χ1) is 18.4.